The molecule has 0 radical (unpaired) electrons. The molecule has 0 aliphatic heterocycles. The van der Waals surface area contributed by atoms with E-state index in [9.17, 15) is 4.39 Å². The summed E-state index contributed by atoms with van der Waals surface area (Å²) in [5.74, 6) is -0.205. The largest absolute Gasteiger partial charge is 0.398 e. The van der Waals surface area contributed by atoms with Gasteiger partial charge in [-0.2, -0.15) is 0 Å². The van der Waals surface area contributed by atoms with E-state index in [1.165, 1.54) is 6.07 Å². The van der Waals surface area contributed by atoms with E-state index in [-0.39, 0.29) is 5.82 Å². The average Bonchev–Trinajstić information content (AvgIpc) is 2.22. The van der Waals surface area contributed by atoms with Gasteiger partial charge in [0.2, 0.25) is 0 Å². The van der Waals surface area contributed by atoms with Gasteiger partial charge in [-0.05, 0) is 42.7 Å². The molecule has 2 aromatic rings. The zero-order valence-electron chi connectivity index (χ0n) is 9.42. The van der Waals surface area contributed by atoms with Crippen LogP contribution in [0.25, 0.3) is 11.1 Å². The lowest BCUT2D eigenvalue weighted by Gasteiger charge is -2.07. The van der Waals surface area contributed by atoms with Crippen molar-refractivity contribution in [3.8, 4) is 11.1 Å². The van der Waals surface area contributed by atoms with Gasteiger partial charge in [-0.15, -0.1) is 0 Å². The normalized spacial score (nSPS) is 10.4. The van der Waals surface area contributed by atoms with E-state index in [0.717, 1.165) is 16.7 Å². The van der Waals surface area contributed by atoms with Crippen LogP contribution in [-0.4, -0.2) is 0 Å². The summed E-state index contributed by atoms with van der Waals surface area (Å²) in [4.78, 5) is 0. The fourth-order valence-electron chi connectivity index (χ4n) is 1.66. The molecule has 0 atom stereocenters. The molecule has 0 saturated heterocycles. The van der Waals surface area contributed by atoms with Crippen LogP contribution in [0.1, 0.15) is 11.1 Å². The zero-order valence-corrected chi connectivity index (χ0v) is 9.42. The lowest BCUT2D eigenvalue weighted by molar-refractivity contribution is 0.630. The Labute approximate surface area is 94.7 Å². The Kier molecular flexibility index (Phi) is 2.65. The van der Waals surface area contributed by atoms with Gasteiger partial charge in [0.05, 0.1) is 0 Å². The Morgan fingerprint density at radius 1 is 1.00 bits per heavy atom. The molecule has 82 valence electrons. The second-order valence-corrected chi connectivity index (χ2v) is 4.05. The highest BCUT2D eigenvalue weighted by molar-refractivity contribution is 5.69. The third-order valence-electron chi connectivity index (χ3n) is 2.71. The second-order valence-electron chi connectivity index (χ2n) is 4.05. The summed E-state index contributed by atoms with van der Waals surface area (Å²) in [6.45, 7) is 3.81. The number of benzene rings is 2. The number of halogens is 1. The van der Waals surface area contributed by atoms with Gasteiger partial charge in [0.1, 0.15) is 5.82 Å². The van der Waals surface area contributed by atoms with Gasteiger partial charge in [-0.3, -0.25) is 0 Å². The summed E-state index contributed by atoms with van der Waals surface area (Å²) in [5.41, 5.74) is 9.85. The van der Waals surface area contributed by atoms with Crippen LogP contribution in [0.3, 0.4) is 0 Å². The highest BCUT2D eigenvalue weighted by Crippen LogP contribution is 2.26. The first-order chi connectivity index (χ1) is 7.58. The summed E-state index contributed by atoms with van der Waals surface area (Å²) in [6.07, 6.45) is 0. The van der Waals surface area contributed by atoms with Crippen molar-refractivity contribution in [2.24, 2.45) is 0 Å². The van der Waals surface area contributed by atoms with E-state index in [1.807, 2.05) is 38.1 Å². The van der Waals surface area contributed by atoms with Crippen LogP contribution < -0.4 is 5.73 Å². The van der Waals surface area contributed by atoms with Gasteiger partial charge < -0.3 is 5.73 Å². The maximum absolute atomic E-state index is 13.7. The molecule has 0 fully saturated rings. The van der Waals surface area contributed by atoms with Crippen LogP contribution in [0.2, 0.25) is 0 Å². The first kappa shape index (κ1) is 10.7. The van der Waals surface area contributed by atoms with Crippen LogP contribution >= 0.6 is 0 Å². The molecule has 0 aliphatic rings. The summed E-state index contributed by atoms with van der Waals surface area (Å²) >= 11 is 0. The predicted octanol–water partition coefficient (Wildman–Crippen LogP) is 3.69. The Morgan fingerprint density at radius 2 is 1.75 bits per heavy atom. The summed E-state index contributed by atoms with van der Waals surface area (Å²) in [7, 11) is 0. The minimum atomic E-state index is -0.205. The number of nitrogens with two attached hydrogens (primary N) is 1. The minimum Gasteiger partial charge on any atom is -0.398 e. The molecule has 2 aromatic carbocycles. The summed E-state index contributed by atoms with van der Waals surface area (Å²) in [6, 6.07) is 10.8. The molecule has 0 aliphatic carbocycles. The molecule has 0 spiro atoms. The summed E-state index contributed by atoms with van der Waals surface area (Å²) < 4.78 is 13.7. The van der Waals surface area contributed by atoms with Gasteiger partial charge in [0, 0.05) is 11.3 Å². The molecule has 1 nitrogen and oxygen atoms in total. The fraction of sp³-hybridized carbons (Fsp3) is 0.143. The molecule has 2 rings (SSSR count). The molecule has 0 amide bonds. The number of rotatable bonds is 1. The van der Waals surface area contributed by atoms with Crippen LogP contribution in [0.15, 0.2) is 36.4 Å². The highest BCUT2D eigenvalue weighted by atomic mass is 19.1. The van der Waals surface area contributed by atoms with Gasteiger partial charge in [0.15, 0.2) is 0 Å². The number of nitrogen functional groups attached to an aromatic ring is 1. The van der Waals surface area contributed by atoms with E-state index in [1.54, 1.807) is 6.07 Å². The lowest BCUT2D eigenvalue weighted by atomic mass is 10.0. The van der Waals surface area contributed by atoms with Crippen molar-refractivity contribution in [1.82, 2.24) is 0 Å². The first-order valence-electron chi connectivity index (χ1n) is 5.20. The quantitative estimate of drug-likeness (QED) is 0.721. The number of hydrogen-bond acceptors (Lipinski definition) is 1. The SMILES string of the molecule is Cc1ccc(-c2ccc(C)c(N)c2)c(F)c1. The number of aryl methyl sites for hydroxylation is 2. The molecule has 0 bridgehead atoms. The Hall–Kier alpha value is -1.83. The van der Waals surface area contributed by atoms with Gasteiger partial charge >= 0.3 is 0 Å². The molecule has 16 heavy (non-hydrogen) atoms. The van der Waals surface area contributed by atoms with Crippen molar-refractivity contribution in [3.05, 3.63) is 53.3 Å². The maximum Gasteiger partial charge on any atom is 0.131 e. The first-order valence-corrected chi connectivity index (χ1v) is 5.20. The number of anilines is 1. The lowest BCUT2D eigenvalue weighted by Crippen LogP contribution is -1.91. The second kappa shape index (κ2) is 3.97. The molecule has 0 saturated carbocycles. The third-order valence-corrected chi connectivity index (χ3v) is 2.71. The van der Waals surface area contributed by atoms with Crippen LogP contribution in [0.4, 0.5) is 10.1 Å². The molecule has 0 aromatic heterocycles. The van der Waals surface area contributed by atoms with Gasteiger partial charge in [-0.25, -0.2) is 4.39 Å². The van der Waals surface area contributed by atoms with Crippen LogP contribution in [0, 0.1) is 19.7 Å². The zero-order chi connectivity index (χ0) is 11.7. The van der Waals surface area contributed by atoms with E-state index in [0.29, 0.717) is 11.3 Å². The Balaban J connectivity index is 2.54. The maximum atomic E-state index is 13.7. The molecule has 0 heterocycles. The molecule has 0 unspecified atom stereocenters. The van der Waals surface area contributed by atoms with Crippen molar-refractivity contribution in [3.63, 3.8) is 0 Å². The summed E-state index contributed by atoms with van der Waals surface area (Å²) in [5, 5.41) is 0. The van der Waals surface area contributed by atoms with Crippen molar-refractivity contribution in [2.45, 2.75) is 13.8 Å². The number of hydrogen-bond donors (Lipinski definition) is 1. The van der Waals surface area contributed by atoms with Gasteiger partial charge in [-0.1, -0.05) is 24.3 Å². The Morgan fingerprint density at radius 3 is 2.38 bits per heavy atom. The average molecular weight is 215 g/mol. The topological polar surface area (TPSA) is 26.0 Å². The van der Waals surface area contributed by atoms with Gasteiger partial charge in [0.25, 0.3) is 0 Å². The highest BCUT2D eigenvalue weighted by Gasteiger charge is 2.06. The van der Waals surface area contributed by atoms with Crippen LogP contribution in [-0.2, 0) is 0 Å². The Bertz CT molecular complexity index is 532. The predicted molar refractivity (Wildman–Crippen MR) is 65.7 cm³/mol. The van der Waals surface area contributed by atoms with E-state index >= 15 is 0 Å². The van der Waals surface area contributed by atoms with Crippen molar-refractivity contribution in [1.29, 1.82) is 0 Å². The molecule has 2 N–H and O–H groups in total. The van der Waals surface area contributed by atoms with Crippen molar-refractivity contribution >= 4 is 5.69 Å². The smallest absolute Gasteiger partial charge is 0.131 e. The van der Waals surface area contributed by atoms with Crippen LogP contribution in [0.5, 0.6) is 0 Å². The minimum absolute atomic E-state index is 0.205. The molecule has 2 heteroatoms. The van der Waals surface area contributed by atoms with Crippen molar-refractivity contribution in [2.75, 3.05) is 5.73 Å². The van der Waals surface area contributed by atoms with E-state index in [4.69, 9.17) is 5.73 Å². The molecular weight excluding hydrogens is 201 g/mol. The van der Waals surface area contributed by atoms with E-state index < -0.39 is 0 Å². The molecular formula is C14H14FN. The van der Waals surface area contributed by atoms with E-state index in [2.05, 4.69) is 0 Å². The standard InChI is InChI=1S/C14H14FN/c1-9-3-6-12(13(15)7-9)11-5-4-10(2)14(16)8-11/h3-8H,16H2,1-2H3. The fourth-order valence-corrected chi connectivity index (χ4v) is 1.66. The third kappa shape index (κ3) is 1.91. The monoisotopic (exact) mass is 215 g/mol. The van der Waals surface area contributed by atoms with Crippen molar-refractivity contribution < 1.29 is 4.39 Å².